The van der Waals surface area contributed by atoms with Gasteiger partial charge in [-0.2, -0.15) is 0 Å². The molecule has 1 amide bonds. The van der Waals surface area contributed by atoms with E-state index in [0.717, 1.165) is 0 Å². The van der Waals surface area contributed by atoms with Gasteiger partial charge in [-0.25, -0.2) is 4.98 Å². The third kappa shape index (κ3) is 2.74. The Balaban J connectivity index is 1.91. The number of halogens is 1. The smallest absolute Gasteiger partial charge is 0.303 e. The fourth-order valence-corrected chi connectivity index (χ4v) is 1.91. The van der Waals surface area contributed by atoms with Crippen molar-refractivity contribution in [1.29, 1.82) is 0 Å². The standard InChI is InChI=1S/C11H11ClN2O3/c12-9-2-1-8(4-13-9)11(17)14-5-7(6-14)3-10(15)16/h1-2,4,7H,3,5-6H2,(H,15,16). The van der Waals surface area contributed by atoms with Gasteiger partial charge in [0.15, 0.2) is 0 Å². The Hall–Kier alpha value is -1.62. The number of carbonyl (C=O) groups excluding carboxylic acids is 1. The van der Waals surface area contributed by atoms with Crippen molar-refractivity contribution in [3.63, 3.8) is 0 Å². The predicted octanol–water partition coefficient (Wildman–Crippen LogP) is 1.28. The second-order valence-corrected chi connectivity index (χ2v) is 4.43. The van der Waals surface area contributed by atoms with Crippen molar-refractivity contribution in [3.8, 4) is 0 Å². The van der Waals surface area contributed by atoms with Gasteiger partial charge in [-0.3, -0.25) is 9.59 Å². The summed E-state index contributed by atoms with van der Waals surface area (Å²) in [6.07, 6.45) is 1.54. The monoisotopic (exact) mass is 254 g/mol. The lowest BCUT2D eigenvalue weighted by Crippen LogP contribution is -2.50. The molecule has 1 aliphatic heterocycles. The van der Waals surface area contributed by atoms with Crippen LogP contribution in [-0.4, -0.2) is 40.0 Å². The van der Waals surface area contributed by atoms with Crippen LogP contribution >= 0.6 is 11.6 Å². The molecule has 0 aliphatic carbocycles. The van der Waals surface area contributed by atoms with Crippen LogP contribution < -0.4 is 0 Å². The Labute approximate surface area is 103 Å². The van der Waals surface area contributed by atoms with Gasteiger partial charge in [-0.05, 0) is 12.1 Å². The van der Waals surface area contributed by atoms with Crippen LogP contribution in [0.2, 0.25) is 5.15 Å². The summed E-state index contributed by atoms with van der Waals surface area (Å²) >= 11 is 5.62. The maximum atomic E-state index is 11.9. The maximum absolute atomic E-state index is 11.9. The molecule has 0 atom stereocenters. The first kappa shape index (κ1) is 11.9. The lowest BCUT2D eigenvalue weighted by molar-refractivity contribution is -0.139. The summed E-state index contributed by atoms with van der Waals surface area (Å²) in [6, 6.07) is 3.17. The summed E-state index contributed by atoms with van der Waals surface area (Å²) in [7, 11) is 0. The third-order valence-corrected chi connectivity index (χ3v) is 2.91. The van der Waals surface area contributed by atoms with Gasteiger partial charge in [0.05, 0.1) is 12.0 Å². The highest BCUT2D eigenvalue weighted by atomic mass is 35.5. The fraction of sp³-hybridized carbons (Fsp3) is 0.364. The highest BCUT2D eigenvalue weighted by molar-refractivity contribution is 6.29. The van der Waals surface area contributed by atoms with Crippen molar-refractivity contribution < 1.29 is 14.7 Å². The Morgan fingerprint density at radius 1 is 1.47 bits per heavy atom. The summed E-state index contributed by atoms with van der Waals surface area (Å²) < 4.78 is 0. The highest BCUT2D eigenvalue weighted by Crippen LogP contribution is 2.21. The first-order valence-electron chi connectivity index (χ1n) is 5.19. The van der Waals surface area contributed by atoms with Crippen LogP contribution in [0.1, 0.15) is 16.8 Å². The molecule has 0 spiro atoms. The number of carboxylic acids is 1. The fourth-order valence-electron chi connectivity index (χ4n) is 1.80. The normalized spacial score (nSPS) is 15.5. The van der Waals surface area contributed by atoms with E-state index in [2.05, 4.69) is 4.98 Å². The van der Waals surface area contributed by atoms with E-state index in [1.54, 1.807) is 17.0 Å². The van der Waals surface area contributed by atoms with Crippen molar-refractivity contribution in [2.45, 2.75) is 6.42 Å². The molecule has 1 aliphatic rings. The number of hydrogen-bond acceptors (Lipinski definition) is 3. The first-order chi connectivity index (χ1) is 8.06. The zero-order valence-corrected chi connectivity index (χ0v) is 9.72. The molecule has 1 aromatic heterocycles. The van der Waals surface area contributed by atoms with E-state index >= 15 is 0 Å². The van der Waals surface area contributed by atoms with Gasteiger partial charge in [-0.1, -0.05) is 11.6 Å². The van der Waals surface area contributed by atoms with Crippen LogP contribution in [0.3, 0.4) is 0 Å². The first-order valence-corrected chi connectivity index (χ1v) is 5.56. The molecule has 6 heteroatoms. The van der Waals surface area contributed by atoms with Gasteiger partial charge >= 0.3 is 5.97 Å². The van der Waals surface area contributed by atoms with E-state index in [9.17, 15) is 9.59 Å². The van der Waals surface area contributed by atoms with Gasteiger partial charge in [0.1, 0.15) is 5.15 Å². The number of hydrogen-bond donors (Lipinski definition) is 1. The number of carbonyl (C=O) groups is 2. The minimum absolute atomic E-state index is 0.0664. The second-order valence-electron chi connectivity index (χ2n) is 4.04. The maximum Gasteiger partial charge on any atom is 0.303 e. The summed E-state index contributed by atoms with van der Waals surface area (Å²) in [5.74, 6) is -0.886. The van der Waals surface area contributed by atoms with Crippen LogP contribution in [0.4, 0.5) is 0 Å². The van der Waals surface area contributed by atoms with Crippen molar-refractivity contribution in [2.24, 2.45) is 5.92 Å². The number of pyridine rings is 1. The molecule has 0 saturated carbocycles. The van der Waals surface area contributed by atoms with Crippen molar-refractivity contribution in [1.82, 2.24) is 9.88 Å². The second kappa shape index (κ2) is 4.71. The number of amides is 1. The molecule has 5 nitrogen and oxygen atoms in total. The van der Waals surface area contributed by atoms with E-state index < -0.39 is 5.97 Å². The molecule has 1 saturated heterocycles. The molecule has 0 radical (unpaired) electrons. The summed E-state index contributed by atoms with van der Waals surface area (Å²) in [4.78, 5) is 27.8. The Kier molecular flexibility index (Phi) is 3.28. The molecule has 2 heterocycles. The van der Waals surface area contributed by atoms with E-state index in [1.807, 2.05) is 0 Å². The molecule has 0 bridgehead atoms. The summed E-state index contributed by atoms with van der Waals surface area (Å²) in [5.41, 5.74) is 0.475. The molecule has 0 unspecified atom stereocenters. The van der Waals surface area contributed by atoms with Gasteiger partial charge in [0.2, 0.25) is 0 Å². The van der Waals surface area contributed by atoms with Crippen LogP contribution in [0.5, 0.6) is 0 Å². The van der Waals surface area contributed by atoms with Crippen molar-refractivity contribution >= 4 is 23.5 Å². The lowest BCUT2D eigenvalue weighted by atomic mass is 9.95. The van der Waals surface area contributed by atoms with Gasteiger partial charge < -0.3 is 10.0 Å². The largest absolute Gasteiger partial charge is 0.481 e. The minimum atomic E-state index is -0.824. The van der Waals surface area contributed by atoms with Crippen LogP contribution in [0, 0.1) is 5.92 Å². The molecule has 17 heavy (non-hydrogen) atoms. The number of carboxylic acid groups (broad SMARTS) is 1. The number of likely N-dealkylation sites (tertiary alicyclic amines) is 1. The zero-order valence-electron chi connectivity index (χ0n) is 8.97. The van der Waals surface area contributed by atoms with Crippen LogP contribution in [0.25, 0.3) is 0 Å². The molecule has 0 aromatic carbocycles. The Morgan fingerprint density at radius 3 is 2.71 bits per heavy atom. The Morgan fingerprint density at radius 2 is 2.18 bits per heavy atom. The number of nitrogens with zero attached hydrogens (tertiary/aromatic N) is 2. The highest BCUT2D eigenvalue weighted by Gasteiger charge is 2.32. The number of aliphatic carboxylic acids is 1. The number of rotatable bonds is 3. The lowest BCUT2D eigenvalue weighted by Gasteiger charge is -2.38. The molecule has 1 N–H and O–H groups in total. The molecule has 2 rings (SSSR count). The molecular weight excluding hydrogens is 244 g/mol. The number of aromatic nitrogens is 1. The molecule has 1 aromatic rings. The molecule has 90 valence electrons. The quantitative estimate of drug-likeness (QED) is 0.825. The third-order valence-electron chi connectivity index (χ3n) is 2.68. The van der Waals surface area contributed by atoms with Crippen molar-refractivity contribution in [3.05, 3.63) is 29.0 Å². The SMILES string of the molecule is O=C(O)CC1CN(C(=O)c2ccc(Cl)nc2)C1. The zero-order chi connectivity index (χ0) is 12.4. The van der Waals surface area contributed by atoms with Crippen molar-refractivity contribution in [2.75, 3.05) is 13.1 Å². The van der Waals surface area contributed by atoms with Gasteiger partial charge in [-0.15, -0.1) is 0 Å². The van der Waals surface area contributed by atoms with Gasteiger partial charge in [0.25, 0.3) is 5.91 Å². The summed E-state index contributed by atoms with van der Waals surface area (Å²) in [6.45, 7) is 0.988. The minimum Gasteiger partial charge on any atom is -0.481 e. The topological polar surface area (TPSA) is 70.5 Å². The van der Waals surface area contributed by atoms with E-state index in [-0.39, 0.29) is 18.2 Å². The molecular formula is C11H11ClN2O3. The van der Waals surface area contributed by atoms with E-state index in [4.69, 9.17) is 16.7 Å². The summed E-state index contributed by atoms with van der Waals surface area (Å²) in [5, 5.41) is 8.93. The Bertz CT molecular complexity index is 441. The molecule has 1 fully saturated rings. The van der Waals surface area contributed by atoms with E-state index in [1.165, 1.54) is 6.20 Å². The van der Waals surface area contributed by atoms with Crippen LogP contribution in [0.15, 0.2) is 18.3 Å². The van der Waals surface area contributed by atoms with Gasteiger partial charge in [0, 0.05) is 25.2 Å². The van der Waals surface area contributed by atoms with E-state index in [0.29, 0.717) is 23.8 Å². The average Bonchev–Trinajstić information content (AvgIpc) is 2.23. The predicted molar refractivity (Wildman–Crippen MR) is 60.9 cm³/mol. The average molecular weight is 255 g/mol. The van der Waals surface area contributed by atoms with Crippen LogP contribution in [-0.2, 0) is 4.79 Å².